The highest BCUT2D eigenvalue weighted by Gasteiger charge is 2.39. The minimum atomic E-state index is -0.528. The van der Waals surface area contributed by atoms with Gasteiger partial charge in [0.1, 0.15) is 17.2 Å². The van der Waals surface area contributed by atoms with Crippen LogP contribution < -0.4 is 4.74 Å². The van der Waals surface area contributed by atoms with Gasteiger partial charge in [-0.15, -0.1) is 0 Å². The van der Waals surface area contributed by atoms with Crippen LogP contribution in [0.2, 0.25) is 0 Å². The zero-order valence-corrected chi connectivity index (χ0v) is 16.5. The molecule has 0 aromatic heterocycles. The number of piperidine rings is 1. The molecule has 2 bridgehead atoms. The molecule has 148 valence electrons. The van der Waals surface area contributed by atoms with Crippen molar-refractivity contribution in [3.63, 3.8) is 0 Å². The molecule has 5 nitrogen and oxygen atoms in total. The molecular formula is C21H28FNO4. The third kappa shape index (κ3) is 4.61. The van der Waals surface area contributed by atoms with Crippen LogP contribution in [-0.2, 0) is 9.47 Å². The van der Waals surface area contributed by atoms with Gasteiger partial charge in [-0.2, -0.15) is 0 Å². The Labute approximate surface area is 160 Å². The number of hydrogen-bond donors (Lipinski definition) is 0. The Kier molecular flexibility index (Phi) is 5.75. The minimum absolute atomic E-state index is 0.0439. The molecule has 2 heterocycles. The molecule has 1 fully saturated rings. The fourth-order valence-corrected chi connectivity index (χ4v) is 3.80. The normalized spacial score (nSPS) is 22.3. The lowest BCUT2D eigenvalue weighted by Crippen LogP contribution is -2.53. The van der Waals surface area contributed by atoms with Crippen LogP contribution in [0.3, 0.4) is 0 Å². The van der Waals surface area contributed by atoms with Crippen LogP contribution in [0.25, 0.3) is 5.57 Å². The molecule has 3 rings (SSSR count). The fraction of sp³-hybridized carbons (Fsp3) is 0.571. The first-order valence-corrected chi connectivity index (χ1v) is 9.42. The Morgan fingerprint density at radius 3 is 2.70 bits per heavy atom. The SMILES string of the molecule is COCOc1ccc(C2=CC3CCCC(C2)N3C(=O)OC(C)(C)C)c(F)c1. The Morgan fingerprint density at radius 1 is 1.30 bits per heavy atom. The summed E-state index contributed by atoms with van der Waals surface area (Å²) in [5.41, 5.74) is 0.986. The molecule has 0 radical (unpaired) electrons. The Morgan fingerprint density at radius 2 is 2.07 bits per heavy atom. The number of halogens is 1. The average molecular weight is 377 g/mol. The molecule has 27 heavy (non-hydrogen) atoms. The van der Waals surface area contributed by atoms with E-state index in [4.69, 9.17) is 14.2 Å². The van der Waals surface area contributed by atoms with Crippen molar-refractivity contribution in [2.75, 3.05) is 13.9 Å². The molecular weight excluding hydrogens is 349 g/mol. The van der Waals surface area contributed by atoms with E-state index in [1.807, 2.05) is 31.7 Å². The van der Waals surface area contributed by atoms with Crippen LogP contribution in [0.5, 0.6) is 5.75 Å². The van der Waals surface area contributed by atoms with Gasteiger partial charge in [0.15, 0.2) is 6.79 Å². The van der Waals surface area contributed by atoms with Gasteiger partial charge in [0, 0.05) is 24.8 Å². The number of carbonyl (C=O) groups is 1. The quantitative estimate of drug-likeness (QED) is 0.710. The number of nitrogens with zero attached hydrogens (tertiary/aromatic N) is 1. The molecule has 0 aliphatic carbocycles. The van der Waals surface area contributed by atoms with Gasteiger partial charge in [-0.25, -0.2) is 9.18 Å². The van der Waals surface area contributed by atoms with Crippen LogP contribution in [0, 0.1) is 5.82 Å². The topological polar surface area (TPSA) is 48.0 Å². The maximum Gasteiger partial charge on any atom is 0.411 e. The van der Waals surface area contributed by atoms with Gasteiger partial charge in [-0.3, -0.25) is 4.90 Å². The molecule has 0 spiro atoms. The number of rotatable bonds is 4. The predicted octanol–water partition coefficient (Wildman–Crippen LogP) is 4.75. The van der Waals surface area contributed by atoms with E-state index in [1.165, 1.54) is 13.2 Å². The first kappa shape index (κ1) is 19.7. The lowest BCUT2D eigenvalue weighted by molar-refractivity contribution is 0.0000773. The smallest absolute Gasteiger partial charge is 0.411 e. The standard InChI is InChI=1S/C21H28FNO4/c1-21(2,3)27-20(24)23-15-6-5-7-16(23)11-14(10-15)18-9-8-17(12-19(18)22)26-13-25-4/h8-10,12,15-16H,5-7,11,13H2,1-4H3. The summed E-state index contributed by atoms with van der Waals surface area (Å²) in [4.78, 5) is 14.5. The van der Waals surface area contributed by atoms with Gasteiger partial charge in [0.25, 0.3) is 0 Å². The van der Waals surface area contributed by atoms with Gasteiger partial charge in [-0.05, 0) is 64.2 Å². The Bertz CT molecular complexity index is 725. The molecule has 2 atom stereocenters. The molecule has 6 heteroatoms. The summed E-state index contributed by atoms with van der Waals surface area (Å²) in [6.07, 6.45) is 5.21. The van der Waals surface area contributed by atoms with Gasteiger partial charge in [0.05, 0.1) is 6.04 Å². The highest BCUT2D eigenvalue weighted by Crippen LogP contribution is 2.39. The molecule has 2 aliphatic rings. The third-order valence-electron chi connectivity index (χ3n) is 4.87. The summed E-state index contributed by atoms with van der Waals surface area (Å²) in [5.74, 6) is 0.115. The van der Waals surface area contributed by atoms with Gasteiger partial charge in [-0.1, -0.05) is 6.08 Å². The van der Waals surface area contributed by atoms with Crippen molar-refractivity contribution in [3.8, 4) is 5.75 Å². The maximum absolute atomic E-state index is 14.6. The van der Waals surface area contributed by atoms with E-state index in [0.717, 1.165) is 24.8 Å². The van der Waals surface area contributed by atoms with Crippen LogP contribution in [0.1, 0.15) is 52.0 Å². The van der Waals surface area contributed by atoms with E-state index < -0.39 is 5.60 Å². The van der Waals surface area contributed by atoms with Crippen LogP contribution >= 0.6 is 0 Å². The summed E-state index contributed by atoms with van der Waals surface area (Å²) in [5, 5.41) is 0. The number of benzene rings is 1. The van der Waals surface area contributed by atoms with E-state index in [0.29, 0.717) is 17.7 Å². The molecule has 0 saturated carbocycles. The highest BCUT2D eigenvalue weighted by atomic mass is 19.1. The number of methoxy groups -OCH3 is 1. The average Bonchev–Trinajstić information content (AvgIpc) is 2.57. The van der Waals surface area contributed by atoms with Crippen LogP contribution in [0.4, 0.5) is 9.18 Å². The predicted molar refractivity (Wildman–Crippen MR) is 101 cm³/mol. The summed E-state index contributed by atoms with van der Waals surface area (Å²) < 4.78 is 30.4. The number of hydrogen-bond acceptors (Lipinski definition) is 4. The fourth-order valence-electron chi connectivity index (χ4n) is 3.80. The maximum atomic E-state index is 14.6. The van der Waals surface area contributed by atoms with Crippen molar-refractivity contribution in [2.45, 2.75) is 64.1 Å². The Hall–Kier alpha value is -2.08. The second-order valence-corrected chi connectivity index (χ2v) is 8.13. The van der Waals surface area contributed by atoms with Crippen molar-refractivity contribution in [3.05, 3.63) is 35.7 Å². The van der Waals surface area contributed by atoms with Crippen LogP contribution in [0.15, 0.2) is 24.3 Å². The third-order valence-corrected chi connectivity index (χ3v) is 4.87. The van der Waals surface area contributed by atoms with Crippen molar-refractivity contribution in [1.82, 2.24) is 4.90 Å². The lowest BCUT2D eigenvalue weighted by atomic mass is 9.83. The van der Waals surface area contributed by atoms with Crippen LogP contribution in [-0.4, -0.2) is 42.6 Å². The van der Waals surface area contributed by atoms with E-state index in [-0.39, 0.29) is 30.8 Å². The molecule has 1 saturated heterocycles. The molecule has 1 amide bonds. The minimum Gasteiger partial charge on any atom is -0.467 e. The van der Waals surface area contributed by atoms with Crippen molar-refractivity contribution < 1.29 is 23.4 Å². The van der Waals surface area contributed by atoms with Crippen molar-refractivity contribution >= 4 is 11.7 Å². The number of fused-ring (bicyclic) bond motifs is 2. The largest absolute Gasteiger partial charge is 0.467 e. The zero-order valence-electron chi connectivity index (χ0n) is 16.5. The highest BCUT2D eigenvalue weighted by molar-refractivity contribution is 5.75. The molecule has 2 aliphatic heterocycles. The van der Waals surface area contributed by atoms with Crippen molar-refractivity contribution in [1.29, 1.82) is 0 Å². The molecule has 0 N–H and O–H groups in total. The second kappa shape index (κ2) is 7.89. The summed E-state index contributed by atoms with van der Waals surface area (Å²) in [7, 11) is 1.52. The number of carbonyl (C=O) groups excluding carboxylic acids is 1. The molecule has 2 unspecified atom stereocenters. The second-order valence-electron chi connectivity index (χ2n) is 8.13. The zero-order chi connectivity index (χ0) is 19.6. The molecule has 1 aromatic carbocycles. The summed E-state index contributed by atoms with van der Waals surface area (Å²) >= 11 is 0. The van der Waals surface area contributed by atoms with E-state index in [1.54, 1.807) is 12.1 Å². The molecule has 1 aromatic rings. The first-order valence-electron chi connectivity index (χ1n) is 9.42. The first-order chi connectivity index (χ1) is 12.8. The number of amides is 1. The summed E-state index contributed by atoms with van der Waals surface area (Å²) in [6, 6.07) is 4.86. The lowest BCUT2D eigenvalue weighted by Gasteiger charge is -2.45. The number of ether oxygens (including phenoxy) is 3. The summed E-state index contributed by atoms with van der Waals surface area (Å²) in [6.45, 7) is 5.69. The van der Waals surface area contributed by atoms with Gasteiger partial charge in [0.2, 0.25) is 0 Å². The monoisotopic (exact) mass is 377 g/mol. The Balaban J connectivity index is 1.82. The van der Waals surface area contributed by atoms with Gasteiger partial charge < -0.3 is 14.2 Å². The van der Waals surface area contributed by atoms with Crippen molar-refractivity contribution in [2.24, 2.45) is 0 Å². The van der Waals surface area contributed by atoms with E-state index in [2.05, 4.69) is 0 Å². The van der Waals surface area contributed by atoms with Gasteiger partial charge >= 0.3 is 6.09 Å². The van der Waals surface area contributed by atoms with E-state index >= 15 is 0 Å². The van der Waals surface area contributed by atoms with E-state index in [9.17, 15) is 9.18 Å².